The molecule has 0 aliphatic carbocycles. The molecule has 1 fully saturated rings. The van der Waals surface area contributed by atoms with Gasteiger partial charge in [-0.3, -0.25) is 0 Å². The highest BCUT2D eigenvalue weighted by atomic mass is 35.5. The summed E-state index contributed by atoms with van der Waals surface area (Å²) in [5.41, 5.74) is 1.32. The third-order valence-electron chi connectivity index (χ3n) is 6.82. The summed E-state index contributed by atoms with van der Waals surface area (Å²) in [5.74, 6) is -6.06. The van der Waals surface area contributed by atoms with Gasteiger partial charge in [0.25, 0.3) is 0 Å². The van der Waals surface area contributed by atoms with Gasteiger partial charge in [0.05, 0.1) is 19.3 Å². The fraction of sp³-hybridized carbons (Fsp3) is 0.379. The predicted molar refractivity (Wildman–Crippen MR) is 135 cm³/mol. The largest absolute Gasteiger partial charge is 0.370 e. The van der Waals surface area contributed by atoms with E-state index in [2.05, 4.69) is 0 Å². The number of alkyl halides is 2. The molecule has 0 spiro atoms. The van der Waals surface area contributed by atoms with Gasteiger partial charge in [-0.2, -0.15) is 8.78 Å². The minimum absolute atomic E-state index is 0.0758. The fourth-order valence-electron chi connectivity index (χ4n) is 4.63. The van der Waals surface area contributed by atoms with Crippen LogP contribution in [0.1, 0.15) is 37.0 Å². The highest BCUT2D eigenvalue weighted by Crippen LogP contribution is 2.48. The molecule has 36 heavy (non-hydrogen) atoms. The number of aliphatic hydroxyl groups is 1. The standard InChI is InChI=1S/C29H31ClF2O4/c1-3-28(33)20(2)25(34-18-21-12-6-4-7-13-21)26(35-19-22-14-8-5-9-15-22)27(36-28)29(31,32)23-16-10-11-17-24(23)30/h4-17,20,25-27,33H,3,18-19H2,1-2H3/t20-,25-,26+,27+,28+/m0/s1. The number of ether oxygens (including phenoxy) is 3. The predicted octanol–water partition coefficient (Wildman–Crippen LogP) is 6.74. The van der Waals surface area contributed by atoms with Crippen molar-refractivity contribution in [2.45, 2.75) is 63.5 Å². The molecule has 3 aromatic carbocycles. The van der Waals surface area contributed by atoms with E-state index in [0.29, 0.717) is 0 Å². The van der Waals surface area contributed by atoms with Gasteiger partial charge in [0.2, 0.25) is 0 Å². The Kier molecular flexibility index (Phi) is 8.43. The highest BCUT2D eigenvalue weighted by molar-refractivity contribution is 6.31. The van der Waals surface area contributed by atoms with Crippen molar-refractivity contribution >= 4 is 11.6 Å². The molecule has 0 unspecified atom stereocenters. The van der Waals surface area contributed by atoms with E-state index < -0.39 is 35.9 Å². The van der Waals surface area contributed by atoms with Gasteiger partial charge in [0.15, 0.2) is 11.9 Å². The van der Waals surface area contributed by atoms with E-state index in [1.54, 1.807) is 19.9 Å². The maximum atomic E-state index is 16.2. The Hall–Kier alpha value is -2.35. The second kappa shape index (κ2) is 11.4. The molecule has 1 aliphatic heterocycles. The van der Waals surface area contributed by atoms with Crippen LogP contribution in [0.5, 0.6) is 0 Å². The second-order valence-electron chi connectivity index (χ2n) is 9.15. The number of benzene rings is 3. The number of hydrogen-bond acceptors (Lipinski definition) is 4. The van der Waals surface area contributed by atoms with Crippen LogP contribution >= 0.6 is 11.6 Å². The monoisotopic (exact) mass is 516 g/mol. The number of rotatable bonds is 9. The molecule has 3 aromatic rings. The van der Waals surface area contributed by atoms with Gasteiger partial charge in [-0.15, -0.1) is 0 Å². The van der Waals surface area contributed by atoms with Crippen LogP contribution < -0.4 is 0 Å². The van der Waals surface area contributed by atoms with Gasteiger partial charge in [-0.25, -0.2) is 0 Å². The lowest BCUT2D eigenvalue weighted by Crippen LogP contribution is -2.65. The Morgan fingerprint density at radius 3 is 1.89 bits per heavy atom. The zero-order valence-corrected chi connectivity index (χ0v) is 21.1. The Morgan fingerprint density at radius 1 is 0.861 bits per heavy atom. The number of halogens is 3. The summed E-state index contributed by atoms with van der Waals surface area (Å²) in [5, 5.41) is 11.3. The van der Waals surface area contributed by atoms with E-state index in [1.165, 1.54) is 18.2 Å². The molecule has 5 atom stereocenters. The quantitative estimate of drug-likeness (QED) is 0.342. The van der Waals surface area contributed by atoms with Crippen molar-refractivity contribution in [2.75, 3.05) is 0 Å². The summed E-state index contributed by atoms with van der Waals surface area (Å²) >= 11 is 6.19. The third-order valence-corrected chi connectivity index (χ3v) is 7.15. The van der Waals surface area contributed by atoms with E-state index in [-0.39, 0.29) is 30.2 Å². The van der Waals surface area contributed by atoms with Crippen LogP contribution in [0.4, 0.5) is 8.78 Å². The average molecular weight is 517 g/mol. The van der Waals surface area contributed by atoms with E-state index in [4.69, 9.17) is 25.8 Å². The average Bonchev–Trinajstić information content (AvgIpc) is 2.90. The van der Waals surface area contributed by atoms with Gasteiger partial charge < -0.3 is 19.3 Å². The molecule has 192 valence electrons. The summed E-state index contributed by atoms with van der Waals surface area (Å²) in [6, 6.07) is 24.5. The minimum Gasteiger partial charge on any atom is -0.370 e. The molecule has 1 aliphatic rings. The molecular weight excluding hydrogens is 486 g/mol. The van der Waals surface area contributed by atoms with Crippen LogP contribution in [-0.4, -0.2) is 29.2 Å². The van der Waals surface area contributed by atoms with E-state index in [1.807, 2.05) is 60.7 Å². The second-order valence-corrected chi connectivity index (χ2v) is 9.56. The molecule has 0 radical (unpaired) electrons. The molecule has 1 N–H and O–H groups in total. The topological polar surface area (TPSA) is 47.9 Å². The molecule has 0 saturated carbocycles. The summed E-state index contributed by atoms with van der Waals surface area (Å²) in [4.78, 5) is 0. The zero-order valence-electron chi connectivity index (χ0n) is 20.3. The fourth-order valence-corrected chi connectivity index (χ4v) is 4.89. The van der Waals surface area contributed by atoms with Crippen LogP contribution in [0.3, 0.4) is 0 Å². The molecule has 0 bridgehead atoms. The smallest absolute Gasteiger partial charge is 0.303 e. The maximum absolute atomic E-state index is 16.2. The van der Waals surface area contributed by atoms with Crippen LogP contribution in [0.25, 0.3) is 0 Å². The Bertz CT molecular complexity index is 1110. The van der Waals surface area contributed by atoms with Crippen LogP contribution in [0.2, 0.25) is 5.02 Å². The van der Waals surface area contributed by atoms with Crippen molar-refractivity contribution in [1.29, 1.82) is 0 Å². The lowest BCUT2D eigenvalue weighted by molar-refractivity contribution is -0.374. The lowest BCUT2D eigenvalue weighted by atomic mass is 9.81. The van der Waals surface area contributed by atoms with E-state index in [0.717, 1.165) is 11.1 Å². The summed E-state index contributed by atoms with van der Waals surface area (Å²) in [6.45, 7) is 3.68. The molecule has 0 amide bonds. The van der Waals surface area contributed by atoms with Crippen molar-refractivity contribution in [3.05, 3.63) is 107 Å². The summed E-state index contributed by atoms with van der Waals surface area (Å²) < 4.78 is 50.6. The Labute approximate surface area is 215 Å². The van der Waals surface area contributed by atoms with Gasteiger partial charge in [-0.05, 0) is 23.6 Å². The van der Waals surface area contributed by atoms with Crippen molar-refractivity contribution in [3.8, 4) is 0 Å². The molecular formula is C29H31ClF2O4. The molecule has 4 rings (SSSR count). The van der Waals surface area contributed by atoms with Gasteiger partial charge >= 0.3 is 5.92 Å². The van der Waals surface area contributed by atoms with Crippen molar-refractivity contribution in [3.63, 3.8) is 0 Å². The maximum Gasteiger partial charge on any atom is 0.303 e. The Balaban J connectivity index is 1.72. The third kappa shape index (κ3) is 5.63. The summed E-state index contributed by atoms with van der Waals surface area (Å²) in [6.07, 6.45) is -3.82. The van der Waals surface area contributed by atoms with Crippen LogP contribution in [-0.2, 0) is 33.3 Å². The molecule has 1 saturated heterocycles. The highest BCUT2D eigenvalue weighted by Gasteiger charge is 2.60. The van der Waals surface area contributed by atoms with Crippen LogP contribution in [0.15, 0.2) is 84.9 Å². The van der Waals surface area contributed by atoms with Crippen molar-refractivity contribution in [2.24, 2.45) is 5.92 Å². The van der Waals surface area contributed by atoms with E-state index in [9.17, 15) is 5.11 Å². The lowest BCUT2D eigenvalue weighted by Gasteiger charge is -2.51. The SMILES string of the molecule is CC[C@@]1(O)O[C@@H](C(F)(F)c2ccccc2Cl)[C@H](OCc2ccccc2)[C@@H](OCc2ccccc2)[C@@H]1C. The van der Waals surface area contributed by atoms with Crippen LogP contribution in [0, 0.1) is 5.92 Å². The first-order valence-electron chi connectivity index (χ1n) is 12.1. The molecule has 7 heteroatoms. The van der Waals surface area contributed by atoms with Gasteiger partial charge in [-0.1, -0.05) is 104 Å². The van der Waals surface area contributed by atoms with Crippen molar-refractivity contribution in [1.82, 2.24) is 0 Å². The van der Waals surface area contributed by atoms with Gasteiger partial charge in [0.1, 0.15) is 6.10 Å². The first-order valence-corrected chi connectivity index (χ1v) is 12.5. The first kappa shape index (κ1) is 26.7. The molecule has 0 aromatic heterocycles. The molecule has 4 nitrogen and oxygen atoms in total. The minimum atomic E-state index is -3.57. The zero-order chi connectivity index (χ0) is 25.8. The number of hydrogen-bond donors (Lipinski definition) is 1. The summed E-state index contributed by atoms with van der Waals surface area (Å²) in [7, 11) is 0. The van der Waals surface area contributed by atoms with Crippen molar-refractivity contribution < 1.29 is 28.1 Å². The first-order chi connectivity index (χ1) is 17.3. The van der Waals surface area contributed by atoms with E-state index >= 15 is 8.78 Å². The molecule has 1 heterocycles. The van der Waals surface area contributed by atoms with Gasteiger partial charge in [0, 0.05) is 16.5 Å². The Morgan fingerprint density at radius 2 is 1.36 bits per heavy atom. The normalized spacial score (nSPS) is 26.6.